The van der Waals surface area contributed by atoms with Crippen LogP contribution in [0.3, 0.4) is 0 Å². The van der Waals surface area contributed by atoms with Crippen LogP contribution < -0.4 is 0 Å². The highest BCUT2D eigenvalue weighted by molar-refractivity contribution is 5.83. The van der Waals surface area contributed by atoms with Crippen LogP contribution in [-0.4, -0.2) is 29.1 Å². The number of hydrogen-bond acceptors (Lipinski definition) is 3. The van der Waals surface area contributed by atoms with Gasteiger partial charge < -0.3 is 10.2 Å². The highest BCUT2D eigenvalue weighted by Crippen LogP contribution is 2.13. The van der Waals surface area contributed by atoms with Crippen molar-refractivity contribution in [2.45, 2.75) is 19.4 Å². The lowest BCUT2D eigenvalue weighted by Crippen LogP contribution is -2.08. The molecule has 1 rings (SSSR count). The maximum absolute atomic E-state index is 9.42. The number of aromatic hydroxyl groups is 1. The van der Waals surface area contributed by atoms with Crippen LogP contribution in [0.1, 0.15) is 18.9 Å². The first-order valence-electron chi connectivity index (χ1n) is 4.70. The van der Waals surface area contributed by atoms with Gasteiger partial charge in [0.25, 0.3) is 0 Å². The van der Waals surface area contributed by atoms with Gasteiger partial charge in [0, 0.05) is 11.8 Å². The molecule has 0 spiro atoms. The molecule has 0 aliphatic rings. The molecule has 0 saturated heterocycles. The number of nitrogens with zero attached hydrogens (tertiary/aromatic N) is 1. The molecular weight excluding hydrogens is 178 g/mol. The largest absolute Gasteiger partial charge is 0.507 e. The molecule has 1 atom stereocenters. The Labute approximate surface area is 83.7 Å². The third-order valence-corrected chi connectivity index (χ3v) is 2.04. The molecule has 0 saturated carbocycles. The Balaban J connectivity index is 2.72. The van der Waals surface area contributed by atoms with Gasteiger partial charge in [-0.25, -0.2) is 0 Å². The zero-order chi connectivity index (χ0) is 10.4. The Hall–Kier alpha value is -1.35. The standard InChI is InChI=1S/C11H15NO2/c1-2-10(8-13)12-7-9-5-3-4-6-11(9)14/h3-7,10,13-14H,2,8H2,1H3/b12-7+/t10-/m0/s1. The van der Waals surface area contributed by atoms with Crippen LogP contribution in [0.5, 0.6) is 5.75 Å². The molecule has 0 unspecified atom stereocenters. The minimum atomic E-state index is -0.0744. The quantitative estimate of drug-likeness (QED) is 0.713. The summed E-state index contributed by atoms with van der Waals surface area (Å²) in [4.78, 5) is 4.16. The van der Waals surface area contributed by atoms with Gasteiger partial charge in [0.15, 0.2) is 0 Å². The number of aliphatic hydroxyl groups is 1. The van der Waals surface area contributed by atoms with E-state index in [-0.39, 0.29) is 18.4 Å². The van der Waals surface area contributed by atoms with E-state index in [9.17, 15) is 5.11 Å². The molecule has 0 aromatic heterocycles. The summed E-state index contributed by atoms with van der Waals surface area (Å²) in [6, 6.07) is 6.91. The summed E-state index contributed by atoms with van der Waals surface area (Å²) in [6.45, 7) is 2.00. The maximum atomic E-state index is 9.42. The van der Waals surface area contributed by atoms with Crippen LogP contribution in [0.2, 0.25) is 0 Å². The Morgan fingerprint density at radius 1 is 1.43 bits per heavy atom. The Morgan fingerprint density at radius 2 is 2.14 bits per heavy atom. The Bertz CT molecular complexity index is 306. The molecule has 0 bridgehead atoms. The van der Waals surface area contributed by atoms with E-state index in [0.717, 1.165) is 6.42 Å². The molecule has 0 aliphatic carbocycles. The van der Waals surface area contributed by atoms with Crippen molar-refractivity contribution < 1.29 is 10.2 Å². The average molecular weight is 193 g/mol. The van der Waals surface area contributed by atoms with Gasteiger partial charge in [0.1, 0.15) is 5.75 Å². The first-order valence-corrected chi connectivity index (χ1v) is 4.70. The first kappa shape index (κ1) is 10.7. The average Bonchev–Trinajstić information content (AvgIpc) is 2.22. The van der Waals surface area contributed by atoms with Crippen LogP contribution >= 0.6 is 0 Å². The van der Waals surface area contributed by atoms with Crippen LogP contribution in [-0.2, 0) is 0 Å². The number of aliphatic hydroxyl groups excluding tert-OH is 1. The van der Waals surface area contributed by atoms with E-state index in [1.54, 1.807) is 24.4 Å². The summed E-state index contributed by atoms with van der Waals surface area (Å²) in [6.07, 6.45) is 2.39. The number of hydrogen-bond donors (Lipinski definition) is 2. The highest BCUT2D eigenvalue weighted by atomic mass is 16.3. The predicted molar refractivity (Wildman–Crippen MR) is 56.9 cm³/mol. The van der Waals surface area contributed by atoms with Crippen molar-refractivity contribution >= 4 is 6.21 Å². The van der Waals surface area contributed by atoms with Crippen molar-refractivity contribution in [2.24, 2.45) is 4.99 Å². The van der Waals surface area contributed by atoms with E-state index in [1.807, 2.05) is 13.0 Å². The SMILES string of the molecule is CC[C@@H](CO)/N=C/c1ccccc1O. The summed E-state index contributed by atoms with van der Waals surface area (Å²) >= 11 is 0. The summed E-state index contributed by atoms with van der Waals surface area (Å²) in [5, 5.41) is 18.3. The van der Waals surface area contributed by atoms with E-state index >= 15 is 0 Å². The normalized spacial score (nSPS) is 13.3. The number of aliphatic imine (C=N–C) groups is 1. The smallest absolute Gasteiger partial charge is 0.124 e. The topological polar surface area (TPSA) is 52.8 Å². The summed E-state index contributed by atoms with van der Waals surface area (Å²) < 4.78 is 0. The van der Waals surface area contributed by atoms with Gasteiger partial charge in [-0.15, -0.1) is 0 Å². The fourth-order valence-corrected chi connectivity index (χ4v) is 1.06. The molecule has 0 heterocycles. The van der Waals surface area contributed by atoms with E-state index in [0.29, 0.717) is 5.56 Å². The number of rotatable bonds is 4. The highest BCUT2D eigenvalue weighted by Gasteiger charge is 2.00. The lowest BCUT2D eigenvalue weighted by molar-refractivity contribution is 0.264. The summed E-state index contributed by atoms with van der Waals surface area (Å²) in [5.74, 6) is 0.212. The van der Waals surface area contributed by atoms with Gasteiger partial charge in [-0.05, 0) is 18.6 Å². The number of benzene rings is 1. The van der Waals surface area contributed by atoms with Gasteiger partial charge >= 0.3 is 0 Å². The second-order valence-corrected chi connectivity index (χ2v) is 3.08. The Morgan fingerprint density at radius 3 is 2.71 bits per heavy atom. The van der Waals surface area contributed by atoms with Gasteiger partial charge in [0.2, 0.25) is 0 Å². The van der Waals surface area contributed by atoms with E-state index in [1.165, 1.54) is 0 Å². The lowest BCUT2D eigenvalue weighted by Gasteiger charge is -2.04. The maximum Gasteiger partial charge on any atom is 0.124 e. The van der Waals surface area contributed by atoms with Crippen LogP contribution in [0.15, 0.2) is 29.3 Å². The molecule has 3 nitrogen and oxygen atoms in total. The number of para-hydroxylation sites is 1. The van der Waals surface area contributed by atoms with E-state index in [2.05, 4.69) is 4.99 Å². The van der Waals surface area contributed by atoms with Crippen LogP contribution in [0.25, 0.3) is 0 Å². The minimum Gasteiger partial charge on any atom is -0.507 e. The first-order chi connectivity index (χ1) is 6.77. The van der Waals surface area contributed by atoms with Crippen molar-refractivity contribution in [2.75, 3.05) is 6.61 Å². The van der Waals surface area contributed by atoms with Crippen molar-refractivity contribution in [1.82, 2.24) is 0 Å². The van der Waals surface area contributed by atoms with Crippen LogP contribution in [0.4, 0.5) is 0 Å². The molecule has 76 valence electrons. The molecule has 14 heavy (non-hydrogen) atoms. The second-order valence-electron chi connectivity index (χ2n) is 3.08. The molecule has 0 aliphatic heterocycles. The van der Waals surface area contributed by atoms with Crippen molar-refractivity contribution in [1.29, 1.82) is 0 Å². The molecule has 0 radical (unpaired) electrons. The fraction of sp³-hybridized carbons (Fsp3) is 0.364. The van der Waals surface area contributed by atoms with Gasteiger partial charge in [-0.3, -0.25) is 4.99 Å². The summed E-state index contributed by atoms with van der Waals surface area (Å²) in [7, 11) is 0. The molecular formula is C11H15NO2. The zero-order valence-corrected chi connectivity index (χ0v) is 8.22. The fourth-order valence-electron chi connectivity index (χ4n) is 1.06. The van der Waals surface area contributed by atoms with E-state index < -0.39 is 0 Å². The third kappa shape index (κ3) is 2.85. The van der Waals surface area contributed by atoms with E-state index in [4.69, 9.17) is 5.11 Å². The molecule has 1 aromatic carbocycles. The van der Waals surface area contributed by atoms with Gasteiger partial charge in [0.05, 0.1) is 12.6 Å². The zero-order valence-electron chi connectivity index (χ0n) is 8.22. The molecule has 1 aromatic rings. The van der Waals surface area contributed by atoms with Gasteiger partial charge in [-0.2, -0.15) is 0 Å². The van der Waals surface area contributed by atoms with Crippen LogP contribution in [0, 0.1) is 0 Å². The second kappa shape index (κ2) is 5.40. The van der Waals surface area contributed by atoms with Crippen molar-refractivity contribution in [3.05, 3.63) is 29.8 Å². The predicted octanol–water partition coefficient (Wildman–Crippen LogP) is 1.58. The third-order valence-electron chi connectivity index (χ3n) is 2.04. The minimum absolute atomic E-state index is 0.0423. The molecule has 0 amide bonds. The monoisotopic (exact) mass is 193 g/mol. The van der Waals surface area contributed by atoms with Crippen molar-refractivity contribution in [3.8, 4) is 5.75 Å². The lowest BCUT2D eigenvalue weighted by atomic mass is 10.2. The number of phenolic OH excluding ortho intramolecular Hbond substituents is 1. The van der Waals surface area contributed by atoms with Gasteiger partial charge in [-0.1, -0.05) is 19.1 Å². The van der Waals surface area contributed by atoms with Crippen molar-refractivity contribution in [3.63, 3.8) is 0 Å². The molecule has 3 heteroatoms. The Kier molecular flexibility index (Phi) is 4.13. The summed E-state index contributed by atoms with van der Waals surface area (Å²) in [5.41, 5.74) is 0.680. The number of phenols is 1. The molecule has 0 fully saturated rings. The molecule has 2 N–H and O–H groups in total.